The maximum absolute atomic E-state index is 6.31. The van der Waals surface area contributed by atoms with Gasteiger partial charge in [-0.05, 0) is 43.9 Å². The summed E-state index contributed by atoms with van der Waals surface area (Å²) in [5, 5.41) is 0.770. The van der Waals surface area contributed by atoms with E-state index < -0.39 is 0 Å². The van der Waals surface area contributed by atoms with E-state index in [4.69, 9.17) is 22.2 Å². The van der Waals surface area contributed by atoms with Crippen molar-refractivity contribution in [2.75, 3.05) is 0 Å². The second-order valence-corrected chi connectivity index (χ2v) is 7.02. The third-order valence-electron chi connectivity index (χ3n) is 4.45. The summed E-state index contributed by atoms with van der Waals surface area (Å²) in [6.45, 7) is 6.48. The smallest absolute Gasteiger partial charge is 0.0597 e. The van der Waals surface area contributed by atoms with Crippen LogP contribution in [0.4, 0.5) is 0 Å². The van der Waals surface area contributed by atoms with E-state index in [2.05, 4.69) is 42.1 Å². The third-order valence-corrected chi connectivity index (χ3v) is 5.30. The van der Waals surface area contributed by atoms with E-state index in [1.165, 1.54) is 0 Å². The first-order valence-corrected chi connectivity index (χ1v) is 8.16. The van der Waals surface area contributed by atoms with Gasteiger partial charge in [-0.25, -0.2) is 0 Å². The van der Waals surface area contributed by atoms with Gasteiger partial charge in [0.15, 0.2) is 0 Å². The maximum atomic E-state index is 6.31. The van der Waals surface area contributed by atoms with Crippen LogP contribution < -0.4 is 11.3 Å². The molecular formula is C15H22BrClN2O. The van der Waals surface area contributed by atoms with Crippen molar-refractivity contribution < 1.29 is 4.74 Å². The van der Waals surface area contributed by atoms with Crippen LogP contribution in [0.25, 0.3) is 0 Å². The molecular weight excluding hydrogens is 340 g/mol. The lowest BCUT2D eigenvalue weighted by molar-refractivity contribution is 0.0476. The second-order valence-electron chi connectivity index (χ2n) is 5.70. The van der Waals surface area contributed by atoms with Gasteiger partial charge in [-0.2, -0.15) is 0 Å². The fourth-order valence-corrected chi connectivity index (χ4v) is 3.97. The Hall–Kier alpha value is -0.130. The highest BCUT2D eigenvalue weighted by Crippen LogP contribution is 2.36. The number of hydrogen-bond acceptors (Lipinski definition) is 3. The van der Waals surface area contributed by atoms with Crippen molar-refractivity contribution in [1.82, 2.24) is 5.43 Å². The molecule has 0 saturated carbocycles. The molecule has 0 radical (unpaired) electrons. The summed E-state index contributed by atoms with van der Waals surface area (Å²) in [6.07, 6.45) is 1.28. The summed E-state index contributed by atoms with van der Waals surface area (Å²) in [6, 6.07) is 6.13. The second kappa shape index (κ2) is 6.75. The van der Waals surface area contributed by atoms with E-state index in [-0.39, 0.29) is 18.2 Å². The third kappa shape index (κ3) is 3.37. The van der Waals surface area contributed by atoms with Crippen molar-refractivity contribution in [1.29, 1.82) is 0 Å². The van der Waals surface area contributed by atoms with E-state index in [0.717, 1.165) is 21.5 Å². The number of hydrazine groups is 1. The van der Waals surface area contributed by atoms with Crippen LogP contribution in [0.3, 0.4) is 0 Å². The van der Waals surface area contributed by atoms with Crippen LogP contribution in [-0.2, 0) is 11.2 Å². The Morgan fingerprint density at radius 1 is 1.35 bits per heavy atom. The Bertz CT molecular complexity index is 471. The molecule has 5 unspecified atom stereocenters. The number of nitrogens with two attached hydrogens (primary N) is 1. The molecule has 5 heteroatoms. The number of nitrogens with one attached hydrogen (secondary N) is 1. The molecule has 20 heavy (non-hydrogen) atoms. The Labute approximate surface area is 134 Å². The zero-order chi connectivity index (χ0) is 14.9. The molecule has 1 aromatic carbocycles. The molecule has 1 saturated heterocycles. The molecule has 112 valence electrons. The van der Waals surface area contributed by atoms with Gasteiger partial charge in [-0.3, -0.25) is 11.3 Å². The summed E-state index contributed by atoms with van der Waals surface area (Å²) in [5.74, 6) is 6.65. The number of ether oxygens (including phenoxy) is 1. The molecule has 3 nitrogen and oxygen atoms in total. The van der Waals surface area contributed by atoms with Crippen molar-refractivity contribution in [3.8, 4) is 0 Å². The number of halogens is 2. The van der Waals surface area contributed by atoms with Gasteiger partial charge in [0.25, 0.3) is 0 Å². The highest BCUT2D eigenvalue weighted by atomic mass is 79.9. The Balaban J connectivity index is 2.16. The highest BCUT2D eigenvalue weighted by molar-refractivity contribution is 9.10. The van der Waals surface area contributed by atoms with Crippen LogP contribution in [0.1, 0.15) is 26.3 Å². The Morgan fingerprint density at radius 2 is 2.05 bits per heavy atom. The van der Waals surface area contributed by atoms with Crippen molar-refractivity contribution in [2.45, 2.75) is 45.4 Å². The van der Waals surface area contributed by atoms with Crippen molar-refractivity contribution >= 4 is 27.5 Å². The SMILES string of the molecule is CC1OC(C)C(C(Cc2ccc(Br)cc2Cl)NN)C1C. The Morgan fingerprint density at radius 3 is 2.55 bits per heavy atom. The molecule has 0 amide bonds. The zero-order valence-electron chi connectivity index (χ0n) is 12.1. The summed E-state index contributed by atoms with van der Waals surface area (Å²) < 4.78 is 6.91. The van der Waals surface area contributed by atoms with Gasteiger partial charge < -0.3 is 4.74 Å². The first-order valence-electron chi connectivity index (χ1n) is 6.99. The highest BCUT2D eigenvalue weighted by Gasteiger charge is 2.41. The van der Waals surface area contributed by atoms with Gasteiger partial charge in [0, 0.05) is 21.5 Å². The summed E-state index contributed by atoms with van der Waals surface area (Å²) in [4.78, 5) is 0. The Kier molecular flexibility index (Phi) is 5.49. The molecule has 5 atom stereocenters. The first kappa shape index (κ1) is 16.2. The minimum absolute atomic E-state index is 0.156. The largest absolute Gasteiger partial charge is 0.375 e. The predicted molar refractivity (Wildman–Crippen MR) is 86.6 cm³/mol. The number of benzene rings is 1. The fourth-order valence-electron chi connectivity index (χ4n) is 3.22. The van der Waals surface area contributed by atoms with E-state index in [9.17, 15) is 0 Å². The minimum atomic E-state index is 0.156. The summed E-state index contributed by atoms with van der Waals surface area (Å²) in [5.41, 5.74) is 4.07. The molecule has 1 aliphatic heterocycles. The molecule has 1 heterocycles. The van der Waals surface area contributed by atoms with Crippen molar-refractivity contribution in [2.24, 2.45) is 17.7 Å². The van der Waals surface area contributed by atoms with Crippen LogP contribution in [-0.4, -0.2) is 18.2 Å². The molecule has 0 spiro atoms. The number of hydrogen-bond donors (Lipinski definition) is 2. The quantitative estimate of drug-likeness (QED) is 0.637. The molecule has 1 aromatic rings. The minimum Gasteiger partial charge on any atom is -0.375 e. The van der Waals surface area contributed by atoms with E-state index >= 15 is 0 Å². The van der Waals surface area contributed by atoms with Gasteiger partial charge in [0.2, 0.25) is 0 Å². The first-order chi connectivity index (χ1) is 9.43. The van der Waals surface area contributed by atoms with Crippen LogP contribution in [0.15, 0.2) is 22.7 Å². The maximum Gasteiger partial charge on any atom is 0.0597 e. The molecule has 1 fully saturated rings. The average molecular weight is 362 g/mol. The summed E-state index contributed by atoms with van der Waals surface area (Å²) in [7, 11) is 0. The van der Waals surface area contributed by atoms with Crippen LogP contribution in [0.5, 0.6) is 0 Å². The van der Waals surface area contributed by atoms with Crippen LogP contribution in [0, 0.1) is 11.8 Å². The molecule has 1 aliphatic rings. The van der Waals surface area contributed by atoms with Gasteiger partial charge >= 0.3 is 0 Å². The van der Waals surface area contributed by atoms with Crippen LogP contribution >= 0.6 is 27.5 Å². The molecule has 0 aromatic heterocycles. The van der Waals surface area contributed by atoms with Gasteiger partial charge in [-0.1, -0.05) is 40.5 Å². The lowest BCUT2D eigenvalue weighted by atomic mass is 9.81. The average Bonchev–Trinajstić information content (AvgIpc) is 2.63. The lowest BCUT2D eigenvalue weighted by Gasteiger charge is -2.28. The van der Waals surface area contributed by atoms with Gasteiger partial charge in [0.05, 0.1) is 12.2 Å². The van der Waals surface area contributed by atoms with Crippen molar-refractivity contribution in [3.63, 3.8) is 0 Å². The molecule has 0 bridgehead atoms. The van der Waals surface area contributed by atoms with Gasteiger partial charge in [-0.15, -0.1) is 0 Å². The van der Waals surface area contributed by atoms with E-state index in [0.29, 0.717) is 11.8 Å². The zero-order valence-corrected chi connectivity index (χ0v) is 14.4. The lowest BCUT2D eigenvalue weighted by Crippen LogP contribution is -2.46. The fraction of sp³-hybridized carbons (Fsp3) is 0.600. The van der Waals surface area contributed by atoms with E-state index in [1.54, 1.807) is 0 Å². The van der Waals surface area contributed by atoms with E-state index in [1.807, 2.05) is 18.2 Å². The van der Waals surface area contributed by atoms with Gasteiger partial charge in [0.1, 0.15) is 0 Å². The predicted octanol–water partition coefficient (Wildman–Crippen LogP) is 3.54. The standard InChI is InChI=1S/C15H22BrClN2O/c1-8-9(2)20-10(3)15(8)14(19-18)6-11-4-5-12(16)7-13(11)17/h4-5,7-10,14-15,19H,6,18H2,1-3H3. The monoisotopic (exact) mass is 360 g/mol. The van der Waals surface area contributed by atoms with Crippen LogP contribution in [0.2, 0.25) is 5.02 Å². The molecule has 2 rings (SSSR count). The summed E-state index contributed by atoms with van der Waals surface area (Å²) >= 11 is 9.74. The molecule has 0 aliphatic carbocycles. The number of rotatable bonds is 4. The molecule has 3 N–H and O–H groups in total. The topological polar surface area (TPSA) is 47.3 Å². The van der Waals surface area contributed by atoms with Crippen molar-refractivity contribution in [3.05, 3.63) is 33.3 Å². The normalized spacial score (nSPS) is 31.5.